The summed E-state index contributed by atoms with van der Waals surface area (Å²) in [4.78, 5) is 40.0. The lowest BCUT2D eigenvalue weighted by Crippen LogP contribution is -2.53. The monoisotopic (exact) mass is 330 g/mol. The minimum Gasteiger partial charge on any atom is -0.326 e. The highest BCUT2D eigenvalue weighted by molar-refractivity contribution is 6.23. The molecule has 1 aliphatic heterocycles. The number of amides is 3. The van der Waals surface area contributed by atoms with Crippen molar-refractivity contribution in [2.45, 2.75) is 65.5 Å². The third-order valence-corrected chi connectivity index (χ3v) is 4.31. The Kier molecular flexibility index (Phi) is 4.83. The molecule has 0 saturated carbocycles. The second-order valence-corrected chi connectivity index (χ2v) is 7.59. The Morgan fingerprint density at radius 1 is 1.17 bits per heavy atom. The van der Waals surface area contributed by atoms with Crippen molar-refractivity contribution in [2.75, 3.05) is 4.90 Å². The second-order valence-electron chi connectivity index (χ2n) is 7.59. The topological polar surface area (TPSA) is 57.7 Å². The number of rotatable bonds is 3. The maximum atomic E-state index is 12.8. The largest absolute Gasteiger partial charge is 0.326 e. The normalized spacial score (nSPS) is 18.5. The van der Waals surface area contributed by atoms with Crippen LogP contribution in [0.4, 0.5) is 5.69 Å². The Balaban J connectivity index is 2.33. The van der Waals surface area contributed by atoms with Crippen LogP contribution < -0.4 is 4.90 Å². The summed E-state index contributed by atoms with van der Waals surface area (Å²) in [6, 6.07) is 6.71. The maximum absolute atomic E-state index is 12.8. The van der Waals surface area contributed by atoms with Crippen LogP contribution in [0.3, 0.4) is 0 Å². The van der Waals surface area contributed by atoms with Crippen LogP contribution in [0.2, 0.25) is 0 Å². The maximum Gasteiger partial charge on any atom is 0.257 e. The summed E-state index contributed by atoms with van der Waals surface area (Å²) in [5.41, 5.74) is 1.19. The summed E-state index contributed by atoms with van der Waals surface area (Å²) in [5, 5.41) is 0. The van der Waals surface area contributed by atoms with E-state index in [9.17, 15) is 14.4 Å². The molecular weight excluding hydrogens is 304 g/mol. The van der Waals surface area contributed by atoms with Crippen LogP contribution in [-0.4, -0.2) is 34.2 Å². The quantitative estimate of drug-likeness (QED) is 0.800. The lowest BCUT2D eigenvalue weighted by atomic mass is 10.0. The van der Waals surface area contributed by atoms with Crippen molar-refractivity contribution < 1.29 is 14.4 Å². The lowest BCUT2D eigenvalue weighted by Gasteiger charge is -2.38. The van der Waals surface area contributed by atoms with Crippen molar-refractivity contribution in [1.29, 1.82) is 0 Å². The van der Waals surface area contributed by atoms with Gasteiger partial charge in [0.05, 0.1) is 12.1 Å². The van der Waals surface area contributed by atoms with Crippen molar-refractivity contribution >= 4 is 23.4 Å². The number of benzene rings is 1. The Hall–Kier alpha value is -2.17. The first-order chi connectivity index (χ1) is 11.0. The molecule has 130 valence electrons. The summed E-state index contributed by atoms with van der Waals surface area (Å²) in [5.74, 6) is -0.420. The predicted octanol–water partition coefficient (Wildman–Crippen LogP) is 3.09. The van der Waals surface area contributed by atoms with Gasteiger partial charge >= 0.3 is 0 Å². The molecule has 0 bridgehead atoms. The number of hydrogen-bond acceptors (Lipinski definition) is 3. The highest BCUT2D eigenvalue weighted by Gasteiger charge is 2.46. The van der Waals surface area contributed by atoms with Crippen molar-refractivity contribution in [2.24, 2.45) is 0 Å². The first-order valence-corrected chi connectivity index (χ1v) is 8.30. The van der Waals surface area contributed by atoms with Gasteiger partial charge in [-0.25, -0.2) is 4.90 Å². The molecule has 5 nitrogen and oxygen atoms in total. The molecule has 0 aliphatic carbocycles. The van der Waals surface area contributed by atoms with Crippen LogP contribution in [0.25, 0.3) is 0 Å². The van der Waals surface area contributed by atoms with Gasteiger partial charge in [0.25, 0.3) is 5.91 Å². The fraction of sp³-hybridized carbons (Fsp3) is 0.526. The molecule has 1 aromatic rings. The lowest BCUT2D eigenvalue weighted by molar-refractivity contribution is -0.142. The van der Waals surface area contributed by atoms with Crippen molar-refractivity contribution in [3.05, 3.63) is 29.8 Å². The van der Waals surface area contributed by atoms with Gasteiger partial charge in [-0.1, -0.05) is 26.0 Å². The molecule has 1 heterocycles. The van der Waals surface area contributed by atoms with Crippen molar-refractivity contribution in [3.63, 3.8) is 0 Å². The van der Waals surface area contributed by atoms with Crippen LogP contribution in [0, 0.1) is 0 Å². The van der Waals surface area contributed by atoms with Crippen LogP contribution in [0.1, 0.15) is 59.4 Å². The van der Waals surface area contributed by atoms with Gasteiger partial charge in [-0.2, -0.15) is 0 Å². The van der Waals surface area contributed by atoms with E-state index in [0.29, 0.717) is 11.6 Å². The van der Waals surface area contributed by atoms with Crippen LogP contribution in [0.15, 0.2) is 24.3 Å². The average molecular weight is 330 g/mol. The molecule has 1 saturated heterocycles. The molecular formula is C19H26N2O3. The molecule has 0 aromatic heterocycles. The number of carbonyl (C=O) groups is 3. The molecule has 24 heavy (non-hydrogen) atoms. The van der Waals surface area contributed by atoms with E-state index in [1.165, 1.54) is 16.7 Å². The summed E-state index contributed by atoms with van der Waals surface area (Å²) < 4.78 is 0. The van der Waals surface area contributed by atoms with E-state index in [0.717, 1.165) is 5.56 Å². The minimum absolute atomic E-state index is 0.0294. The summed E-state index contributed by atoms with van der Waals surface area (Å²) >= 11 is 0. The zero-order valence-corrected chi connectivity index (χ0v) is 15.3. The number of carbonyl (C=O) groups excluding carboxylic acids is 3. The smallest absolute Gasteiger partial charge is 0.257 e. The summed E-state index contributed by atoms with van der Waals surface area (Å²) in [6.45, 7) is 11.2. The minimum atomic E-state index is -0.736. The van der Waals surface area contributed by atoms with Gasteiger partial charge in [-0.3, -0.25) is 14.4 Å². The Morgan fingerprint density at radius 3 is 2.12 bits per heavy atom. The van der Waals surface area contributed by atoms with Gasteiger partial charge in [0.2, 0.25) is 11.8 Å². The number of hydrogen-bond donors (Lipinski definition) is 0. The van der Waals surface area contributed by atoms with Gasteiger partial charge in [0.15, 0.2) is 0 Å². The zero-order valence-electron chi connectivity index (χ0n) is 15.3. The molecule has 0 N–H and O–H groups in total. The van der Waals surface area contributed by atoms with Gasteiger partial charge in [-0.15, -0.1) is 0 Å². The Morgan fingerprint density at radius 2 is 1.71 bits per heavy atom. The number of anilines is 1. The highest BCUT2D eigenvalue weighted by atomic mass is 16.2. The van der Waals surface area contributed by atoms with Crippen LogP contribution in [0.5, 0.6) is 0 Å². The SMILES string of the molecule is CC(=O)N(C1CC(=O)N(c2ccc(C(C)C)cc2)C1=O)C(C)(C)C. The predicted molar refractivity (Wildman–Crippen MR) is 93.7 cm³/mol. The standard InChI is InChI=1S/C19H26N2O3/c1-12(2)14-7-9-15(10-8-14)20-17(23)11-16(18(20)24)21(13(3)22)19(4,5)6/h7-10,12,16H,11H2,1-6H3. The van der Waals surface area contributed by atoms with Gasteiger partial charge in [-0.05, 0) is 44.4 Å². The Labute approximate surface area is 143 Å². The van der Waals surface area contributed by atoms with E-state index in [2.05, 4.69) is 13.8 Å². The highest BCUT2D eigenvalue weighted by Crippen LogP contribution is 2.30. The summed E-state index contributed by atoms with van der Waals surface area (Å²) in [7, 11) is 0. The summed E-state index contributed by atoms with van der Waals surface area (Å²) in [6.07, 6.45) is 0.0294. The van der Waals surface area contributed by atoms with Gasteiger partial charge in [0.1, 0.15) is 6.04 Å². The van der Waals surface area contributed by atoms with Gasteiger partial charge < -0.3 is 4.90 Å². The molecule has 3 amide bonds. The first kappa shape index (κ1) is 18.2. The molecule has 1 aliphatic rings. The fourth-order valence-electron chi connectivity index (χ4n) is 3.26. The second kappa shape index (κ2) is 6.38. The third-order valence-electron chi connectivity index (χ3n) is 4.31. The van der Waals surface area contributed by atoms with Gasteiger partial charge in [0, 0.05) is 12.5 Å². The van der Waals surface area contributed by atoms with E-state index in [1.807, 2.05) is 32.9 Å². The fourth-order valence-corrected chi connectivity index (χ4v) is 3.26. The molecule has 1 atom stereocenters. The number of nitrogens with zero attached hydrogens (tertiary/aromatic N) is 2. The number of imide groups is 1. The van der Waals surface area contributed by atoms with Crippen LogP contribution >= 0.6 is 0 Å². The van der Waals surface area contributed by atoms with E-state index < -0.39 is 11.6 Å². The average Bonchev–Trinajstić information content (AvgIpc) is 2.72. The molecule has 0 spiro atoms. The molecule has 5 heteroatoms. The Bertz CT molecular complexity index is 656. The molecule has 2 rings (SSSR count). The first-order valence-electron chi connectivity index (χ1n) is 8.30. The molecule has 1 aromatic carbocycles. The van der Waals surface area contributed by atoms with E-state index in [1.54, 1.807) is 12.1 Å². The third kappa shape index (κ3) is 3.35. The zero-order chi connectivity index (χ0) is 18.2. The van der Waals surface area contributed by atoms with Crippen LogP contribution in [-0.2, 0) is 14.4 Å². The van der Waals surface area contributed by atoms with Crippen molar-refractivity contribution in [1.82, 2.24) is 4.90 Å². The van der Waals surface area contributed by atoms with E-state index in [-0.39, 0.29) is 24.1 Å². The van der Waals surface area contributed by atoms with E-state index in [4.69, 9.17) is 0 Å². The molecule has 1 fully saturated rings. The van der Waals surface area contributed by atoms with Crippen molar-refractivity contribution in [3.8, 4) is 0 Å². The molecule has 0 radical (unpaired) electrons. The molecule has 1 unspecified atom stereocenters. The van der Waals surface area contributed by atoms with E-state index >= 15 is 0 Å².